The number of carbonyl (C=O) groups is 1. The molecule has 0 N–H and O–H groups in total. The minimum Gasteiger partial charge on any atom is -0.478 e. The van der Waals surface area contributed by atoms with E-state index in [1.807, 2.05) is 6.92 Å². The molecule has 19 heavy (non-hydrogen) atoms. The monoisotopic (exact) mass is 263 g/mol. The normalized spacial score (nSPS) is 12.2. The van der Waals surface area contributed by atoms with Gasteiger partial charge < -0.3 is 9.47 Å². The van der Waals surface area contributed by atoms with Crippen molar-refractivity contribution in [2.75, 3.05) is 7.11 Å². The summed E-state index contributed by atoms with van der Waals surface area (Å²) < 4.78 is 24.0. The summed E-state index contributed by atoms with van der Waals surface area (Å²) in [6, 6.07) is 4.54. The highest BCUT2D eigenvalue weighted by atomic mass is 19.1. The van der Waals surface area contributed by atoms with Crippen LogP contribution in [0.15, 0.2) is 24.4 Å². The van der Waals surface area contributed by atoms with Crippen LogP contribution in [0.4, 0.5) is 4.39 Å². The quantitative estimate of drug-likeness (QED) is 0.799. The second-order valence-electron chi connectivity index (χ2n) is 4.18. The average molecular weight is 263 g/mol. The van der Waals surface area contributed by atoms with Gasteiger partial charge in [-0.3, -0.25) is 4.98 Å². The molecule has 0 aliphatic carbocycles. The van der Waals surface area contributed by atoms with Gasteiger partial charge in [-0.15, -0.1) is 0 Å². The Labute approximate surface area is 110 Å². The summed E-state index contributed by atoms with van der Waals surface area (Å²) >= 11 is 0. The highest BCUT2D eigenvalue weighted by Gasteiger charge is 2.18. The molecule has 0 aliphatic rings. The van der Waals surface area contributed by atoms with E-state index in [4.69, 9.17) is 4.74 Å². The fraction of sp³-hybridized carbons (Fsp3) is 0.286. The maximum atomic E-state index is 13.9. The lowest BCUT2D eigenvalue weighted by Crippen LogP contribution is -2.25. The first-order valence-electron chi connectivity index (χ1n) is 5.83. The first-order chi connectivity index (χ1) is 9.04. The molecule has 2 aromatic rings. The third kappa shape index (κ3) is 2.50. The van der Waals surface area contributed by atoms with Crippen molar-refractivity contribution >= 4 is 16.9 Å². The van der Waals surface area contributed by atoms with E-state index in [1.54, 1.807) is 13.0 Å². The number of pyridine rings is 1. The number of carbonyl (C=O) groups excluding carboxylic acids is 1. The van der Waals surface area contributed by atoms with E-state index in [9.17, 15) is 9.18 Å². The summed E-state index contributed by atoms with van der Waals surface area (Å²) in [6.45, 7) is 3.38. The molecule has 0 fully saturated rings. The Hall–Kier alpha value is -2.17. The van der Waals surface area contributed by atoms with E-state index in [2.05, 4.69) is 9.72 Å². The molecule has 0 spiro atoms. The molecule has 2 rings (SSSR count). The zero-order chi connectivity index (χ0) is 14.0. The van der Waals surface area contributed by atoms with Crippen LogP contribution in [0.3, 0.4) is 0 Å². The van der Waals surface area contributed by atoms with Crippen LogP contribution in [0.1, 0.15) is 12.5 Å². The van der Waals surface area contributed by atoms with Gasteiger partial charge in [-0.2, -0.15) is 0 Å². The van der Waals surface area contributed by atoms with E-state index in [0.29, 0.717) is 5.52 Å². The number of aromatic nitrogens is 1. The predicted octanol–water partition coefficient (Wildman–Crippen LogP) is 2.62. The van der Waals surface area contributed by atoms with Gasteiger partial charge in [0.25, 0.3) is 0 Å². The number of methoxy groups -OCH3 is 1. The maximum absolute atomic E-state index is 13.9. The van der Waals surface area contributed by atoms with Gasteiger partial charge in [-0.25, -0.2) is 9.18 Å². The largest absolute Gasteiger partial charge is 0.478 e. The highest BCUT2D eigenvalue weighted by molar-refractivity contribution is 5.88. The van der Waals surface area contributed by atoms with Gasteiger partial charge in [0, 0.05) is 6.20 Å². The van der Waals surface area contributed by atoms with Crippen LogP contribution in [0.25, 0.3) is 10.9 Å². The molecule has 0 saturated carbocycles. The Kier molecular flexibility index (Phi) is 3.64. The van der Waals surface area contributed by atoms with Crippen molar-refractivity contribution in [1.29, 1.82) is 0 Å². The van der Waals surface area contributed by atoms with Crippen LogP contribution in [0.2, 0.25) is 0 Å². The van der Waals surface area contributed by atoms with E-state index in [0.717, 1.165) is 5.56 Å². The fourth-order valence-corrected chi connectivity index (χ4v) is 1.84. The van der Waals surface area contributed by atoms with Crippen molar-refractivity contribution in [3.63, 3.8) is 0 Å². The molecule has 1 heterocycles. The molecule has 1 aromatic carbocycles. The number of halogens is 1. The number of aryl methyl sites for hydroxylation is 1. The Morgan fingerprint density at radius 1 is 1.37 bits per heavy atom. The number of rotatable bonds is 3. The van der Waals surface area contributed by atoms with Crippen molar-refractivity contribution in [2.45, 2.75) is 20.0 Å². The molecule has 0 saturated heterocycles. The van der Waals surface area contributed by atoms with Crippen LogP contribution in [-0.2, 0) is 9.53 Å². The number of fused-ring (bicyclic) bond motifs is 1. The van der Waals surface area contributed by atoms with Gasteiger partial charge >= 0.3 is 5.97 Å². The topological polar surface area (TPSA) is 48.4 Å². The minimum atomic E-state index is -0.810. The summed E-state index contributed by atoms with van der Waals surface area (Å²) in [5.41, 5.74) is 1.36. The summed E-state index contributed by atoms with van der Waals surface area (Å²) in [5, 5.41) is 0.276. The van der Waals surface area contributed by atoms with Crippen molar-refractivity contribution in [1.82, 2.24) is 4.98 Å². The number of esters is 1. The molecule has 1 atom stereocenters. The third-order valence-corrected chi connectivity index (χ3v) is 2.84. The Morgan fingerprint density at radius 2 is 2.11 bits per heavy atom. The second-order valence-corrected chi connectivity index (χ2v) is 4.18. The number of nitrogens with zero attached hydrogens (tertiary/aromatic N) is 1. The summed E-state index contributed by atoms with van der Waals surface area (Å²) in [7, 11) is 1.28. The minimum absolute atomic E-state index is 0.276. The van der Waals surface area contributed by atoms with E-state index in [-0.39, 0.29) is 11.1 Å². The van der Waals surface area contributed by atoms with Gasteiger partial charge in [-0.05, 0) is 31.5 Å². The fourth-order valence-electron chi connectivity index (χ4n) is 1.84. The highest BCUT2D eigenvalue weighted by Crippen LogP contribution is 2.29. The molecule has 0 radical (unpaired) electrons. The van der Waals surface area contributed by atoms with Crippen LogP contribution >= 0.6 is 0 Å². The van der Waals surface area contributed by atoms with Gasteiger partial charge in [0.05, 0.1) is 18.0 Å². The molecule has 5 heteroatoms. The molecule has 1 unspecified atom stereocenters. The van der Waals surface area contributed by atoms with E-state index < -0.39 is 17.9 Å². The molecular weight excluding hydrogens is 249 g/mol. The molecule has 0 bridgehead atoms. The second kappa shape index (κ2) is 5.22. The third-order valence-electron chi connectivity index (χ3n) is 2.84. The molecule has 100 valence electrons. The van der Waals surface area contributed by atoms with Crippen molar-refractivity contribution < 1.29 is 18.7 Å². The number of hydrogen-bond acceptors (Lipinski definition) is 4. The molecular formula is C14H14FNO3. The lowest BCUT2D eigenvalue weighted by atomic mass is 10.1. The summed E-state index contributed by atoms with van der Waals surface area (Å²) in [5.74, 6) is -0.664. The Balaban J connectivity index is 2.50. The average Bonchev–Trinajstić information content (AvgIpc) is 2.42. The van der Waals surface area contributed by atoms with Crippen molar-refractivity contribution in [3.05, 3.63) is 35.8 Å². The van der Waals surface area contributed by atoms with Crippen LogP contribution in [0.5, 0.6) is 5.75 Å². The Bertz CT molecular complexity index is 627. The number of benzene rings is 1. The van der Waals surface area contributed by atoms with Crippen molar-refractivity contribution in [3.8, 4) is 5.75 Å². The lowest BCUT2D eigenvalue weighted by molar-refractivity contribution is -0.147. The van der Waals surface area contributed by atoms with E-state index >= 15 is 0 Å². The van der Waals surface area contributed by atoms with Gasteiger partial charge in [0.2, 0.25) is 0 Å². The van der Waals surface area contributed by atoms with Crippen LogP contribution in [-0.4, -0.2) is 24.2 Å². The lowest BCUT2D eigenvalue weighted by Gasteiger charge is -2.14. The van der Waals surface area contributed by atoms with Gasteiger partial charge in [0.1, 0.15) is 11.6 Å². The maximum Gasteiger partial charge on any atom is 0.346 e. The first-order valence-corrected chi connectivity index (χ1v) is 5.83. The summed E-state index contributed by atoms with van der Waals surface area (Å²) in [6.07, 6.45) is 0.712. The zero-order valence-electron chi connectivity index (χ0n) is 10.9. The first kappa shape index (κ1) is 13.3. The van der Waals surface area contributed by atoms with Crippen LogP contribution < -0.4 is 4.74 Å². The molecule has 4 nitrogen and oxygen atoms in total. The zero-order valence-corrected chi connectivity index (χ0v) is 10.9. The van der Waals surface area contributed by atoms with Gasteiger partial charge in [0.15, 0.2) is 6.10 Å². The smallest absolute Gasteiger partial charge is 0.346 e. The molecule has 0 amide bonds. The number of ether oxygens (including phenoxy) is 2. The SMILES string of the molecule is COC(=O)C(C)Oc1ccnc2c(C)ccc(F)c12. The van der Waals surface area contributed by atoms with Gasteiger partial charge in [-0.1, -0.05) is 6.07 Å². The molecule has 1 aromatic heterocycles. The standard InChI is InChI=1S/C14H14FNO3/c1-8-4-5-10(15)12-11(6-7-16-13(8)12)19-9(2)14(17)18-3/h4-7,9H,1-3H3. The predicted molar refractivity (Wildman–Crippen MR) is 68.5 cm³/mol. The van der Waals surface area contributed by atoms with Crippen LogP contribution in [0, 0.1) is 12.7 Å². The Morgan fingerprint density at radius 3 is 2.79 bits per heavy atom. The number of hydrogen-bond donors (Lipinski definition) is 0. The van der Waals surface area contributed by atoms with E-state index in [1.165, 1.54) is 25.4 Å². The van der Waals surface area contributed by atoms with Crippen molar-refractivity contribution in [2.24, 2.45) is 0 Å². The molecule has 0 aliphatic heterocycles. The summed E-state index contributed by atoms with van der Waals surface area (Å²) in [4.78, 5) is 15.5.